The van der Waals surface area contributed by atoms with Crippen LogP contribution in [0.4, 0.5) is 0 Å². The predicted octanol–water partition coefficient (Wildman–Crippen LogP) is 2.86. The third-order valence-corrected chi connectivity index (χ3v) is 2.31. The third kappa shape index (κ3) is 4.20. The molecule has 0 aromatic heterocycles. The van der Waals surface area contributed by atoms with Crippen LogP contribution in [0.25, 0.3) is 0 Å². The zero-order valence-electron chi connectivity index (χ0n) is 9.48. The monoisotopic (exact) mass is 183 g/mol. The maximum atomic E-state index is 11.7. The van der Waals surface area contributed by atoms with Crippen LogP contribution in [0.2, 0.25) is 0 Å². The van der Waals surface area contributed by atoms with Crippen molar-refractivity contribution in [3.63, 3.8) is 0 Å². The Morgan fingerprint density at radius 3 is 2.31 bits per heavy atom. The highest BCUT2D eigenvalue weighted by Crippen LogP contribution is 2.24. The molecule has 0 fully saturated rings. The predicted molar refractivity (Wildman–Crippen MR) is 57.3 cm³/mol. The molecule has 13 heavy (non-hydrogen) atoms. The van der Waals surface area contributed by atoms with E-state index in [0.717, 1.165) is 18.6 Å². The van der Waals surface area contributed by atoms with E-state index in [1.165, 1.54) is 0 Å². The summed E-state index contributed by atoms with van der Waals surface area (Å²) in [5, 5.41) is 0. The van der Waals surface area contributed by atoms with Crippen LogP contribution in [0.1, 0.15) is 47.0 Å². The van der Waals surface area contributed by atoms with E-state index in [9.17, 15) is 4.79 Å². The lowest BCUT2D eigenvalue weighted by Gasteiger charge is -2.22. The number of aliphatic imine (C=N–C) groups is 1. The standard InChI is InChI=1S/C11H21NO/c1-6-7-10(13)11(3,4)8-9(2)12-5/h6-8H2,1-5H3/b12-9-. The Balaban J connectivity index is 4.30. The molecule has 2 heteroatoms. The second-order valence-electron chi connectivity index (χ2n) is 4.19. The Morgan fingerprint density at radius 2 is 1.92 bits per heavy atom. The summed E-state index contributed by atoms with van der Waals surface area (Å²) in [6, 6.07) is 0. The van der Waals surface area contributed by atoms with Gasteiger partial charge in [0.2, 0.25) is 0 Å². The lowest BCUT2D eigenvalue weighted by molar-refractivity contribution is -0.126. The van der Waals surface area contributed by atoms with E-state index in [0.29, 0.717) is 12.2 Å². The summed E-state index contributed by atoms with van der Waals surface area (Å²) in [5.74, 6) is 0.345. The van der Waals surface area contributed by atoms with Crippen molar-refractivity contribution in [1.29, 1.82) is 0 Å². The van der Waals surface area contributed by atoms with Gasteiger partial charge in [0.15, 0.2) is 0 Å². The molecule has 0 spiro atoms. The van der Waals surface area contributed by atoms with Crippen molar-refractivity contribution < 1.29 is 4.79 Å². The number of nitrogens with zero attached hydrogens (tertiary/aromatic N) is 1. The fourth-order valence-electron chi connectivity index (χ4n) is 1.38. The van der Waals surface area contributed by atoms with Gasteiger partial charge in [-0.15, -0.1) is 0 Å². The summed E-state index contributed by atoms with van der Waals surface area (Å²) >= 11 is 0. The first kappa shape index (κ1) is 12.3. The van der Waals surface area contributed by atoms with Crippen molar-refractivity contribution in [2.75, 3.05) is 7.05 Å². The molecule has 0 aliphatic carbocycles. The van der Waals surface area contributed by atoms with Gasteiger partial charge in [0.1, 0.15) is 5.78 Å². The Labute approximate surface area is 81.4 Å². The minimum atomic E-state index is -0.237. The number of carbonyl (C=O) groups excluding carboxylic acids is 1. The summed E-state index contributed by atoms with van der Waals surface area (Å²) < 4.78 is 0. The average molecular weight is 183 g/mol. The molecule has 0 atom stereocenters. The van der Waals surface area contributed by atoms with Gasteiger partial charge >= 0.3 is 0 Å². The number of rotatable bonds is 5. The quantitative estimate of drug-likeness (QED) is 0.603. The Hall–Kier alpha value is -0.660. The molecule has 0 aromatic rings. The lowest BCUT2D eigenvalue weighted by Crippen LogP contribution is -2.26. The second-order valence-corrected chi connectivity index (χ2v) is 4.19. The largest absolute Gasteiger partial charge is 0.299 e. The summed E-state index contributed by atoms with van der Waals surface area (Å²) in [4.78, 5) is 15.7. The molecular formula is C11H21NO. The summed E-state index contributed by atoms with van der Waals surface area (Å²) in [7, 11) is 1.77. The highest BCUT2D eigenvalue weighted by molar-refractivity contribution is 5.91. The number of carbonyl (C=O) groups is 1. The smallest absolute Gasteiger partial charge is 0.138 e. The normalized spacial score (nSPS) is 13.2. The van der Waals surface area contributed by atoms with Gasteiger partial charge in [0.05, 0.1) is 0 Å². The van der Waals surface area contributed by atoms with Crippen molar-refractivity contribution in [3.8, 4) is 0 Å². The van der Waals surface area contributed by atoms with Gasteiger partial charge in [-0.05, 0) is 19.8 Å². The molecule has 0 aliphatic heterocycles. The molecule has 0 N–H and O–H groups in total. The molecule has 0 rings (SSSR count). The highest BCUT2D eigenvalue weighted by Gasteiger charge is 2.26. The van der Waals surface area contributed by atoms with Gasteiger partial charge in [-0.3, -0.25) is 9.79 Å². The van der Waals surface area contributed by atoms with Gasteiger partial charge < -0.3 is 0 Å². The van der Waals surface area contributed by atoms with Crippen molar-refractivity contribution in [2.24, 2.45) is 10.4 Å². The Morgan fingerprint density at radius 1 is 1.38 bits per heavy atom. The van der Waals surface area contributed by atoms with E-state index < -0.39 is 0 Å². The van der Waals surface area contributed by atoms with Crippen LogP contribution >= 0.6 is 0 Å². The topological polar surface area (TPSA) is 29.4 Å². The molecule has 2 nitrogen and oxygen atoms in total. The second kappa shape index (κ2) is 5.15. The molecule has 76 valence electrons. The van der Waals surface area contributed by atoms with Gasteiger partial charge in [-0.1, -0.05) is 20.8 Å². The number of ketones is 1. The van der Waals surface area contributed by atoms with Gasteiger partial charge in [0, 0.05) is 24.6 Å². The Kier molecular flexibility index (Phi) is 4.89. The number of hydrogen-bond donors (Lipinski definition) is 0. The van der Waals surface area contributed by atoms with Crippen molar-refractivity contribution >= 4 is 11.5 Å². The van der Waals surface area contributed by atoms with E-state index in [-0.39, 0.29) is 5.41 Å². The maximum Gasteiger partial charge on any atom is 0.138 e. The molecular weight excluding hydrogens is 162 g/mol. The third-order valence-electron chi connectivity index (χ3n) is 2.31. The number of Topliss-reactive ketones (excluding diaryl/α,β-unsaturated/α-hetero) is 1. The molecule has 0 heterocycles. The molecule has 0 saturated carbocycles. The van der Waals surface area contributed by atoms with Crippen LogP contribution in [0.15, 0.2) is 4.99 Å². The molecule has 0 amide bonds. The first-order valence-corrected chi connectivity index (χ1v) is 4.89. The van der Waals surface area contributed by atoms with Crippen LogP contribution in [0.5, 0.6) is 0 Å². The first-order valence-electron chi connectivity index (χ1n) is 4.89. The molecule has 0 radical (unpaired) electrons. The molecule has 0 bridgehead atoms. The summed E-state index contributed by atoms with van der Waals surface area (Å²) in [5.41, 5.74) is 0.814. The van der Waals surface area contributed by atoms with Gasteiger partial charge in [0.25, 0.3) is 0 Å². The highest BCUT2D eigenvalue weighted by atomic mass is 16.1. The van der Waals surface area contributed by atoms with E-state index in [2.05, 4.69) is 4.99 Å². The fourth-order valence-corrected chi connectivity index (χ4v) is 1.38. The fraction of sp³-hybridized carbons (Fsp3) is 0.818. The van der Waals surface area contributed by atoms with Crippen molar-refractivity contribution in [2.45, 2.75) is 47.0 Å². The minimum absolute atomic E-state index is 0.237. The maximum absolute atomic E-state index is 11.7. The summed E-state index contributed by atoms with van der Waals surface area (Å²) in [6.45, 7) is 8.01. The molecule has 0 saturated heterocycles. The van der Waals surface area contributed by atoms with E-state index >= 15 is 0 Å². The first-order chi connectivity index (χ1) is 5.94. The van der Waals surface area contributed by atoms with Crippen molar-refractivity contribution in [1.82, 2.24) is 0 Å². The van der Waals surface area contributed by atoms with E-state index in [1.807, 2.05) is 27.7 Å². The van der Waals surface area contributed by atoms with Crippen LogP contribution in [0.3, 0.4) is 0 Å². The zero-order valence-corrected chi connectivity index (χ0v) is 9.48. The SMILES string of the molecule is CCCC(=O)C(C)(C)C/C(C)=N\C. The molecule has 0 aromatic carbocycles. The van der Waals surface area contributed by atoms with Gasteiger partial charge in [-0.25, -0.2) is 0 Å². The van der Waals surface area contributed by atoms with Crippen molar-refractivity contribution in [3.05, 3.63) is 0 Å². The van der Waals surface area contributed by atoms with E-state index in [4.69, 9.17) is 0 Å². The summed E-state index contributed by atoms with van der Waals surface area (Å²) in [6.07, 6.45) is 2.40. The van der Waals surface area contributed by atoms with Crippen LogP contribution in [0, 0.1) is 5.41 Å². The van der Waals surface area contributed by atoms with E-state index in [1.54, 1.807) is 7.05 Å². The minimum Gasteiger partial charge on any atom is -0.299 e. The average Bonchev–Trinajstić information content (AvgIpc) is 2.04. The molecule has 0 unspecified atom stereocenters. The Bertz CT molecular complexity index is 204. The lowest BCUT2D eigenvalue weighted by atomic mass is 9.81. The number of hydrogen-bond acceptors (Lipinski definition) is 2. The van der Waals surface area contributed by atoms with Crippen LogP contribution in [-0.2, 0) is 4.79 Å². The van der Waals surface area contributed by atoms with Crippen LogP contribution < -0.4 is 0 Å². The van der Waals surface area contributed by atoms with Crippen LogP contribution in [-0.4, -0.2) is 18.5 Å². The zero-order chi connectivity index (χ0) is 10.5. The van der Waals surface area contributed by atoms with Gasteiger partial charge in [-0.2, -0.15) is 0 Å². The molecule has 0 aliphatic rings.